The number of esters is 1. The van der Waals surface area contributed by atoms with Gasteiger partial charge in [0.25, 0.3) is 5.91 Å². The summed E-state index contributed by atoms with van der Waals surface area (Å²) in [4.78, 5) is 25.6. The van der Waals surface area contributed by atoms with Gasteiger partial charge in [0.2, 0.25) is 0 Å². The number of carbonyl (C=O) groups excluding carboxylic acids is 2. The Labute approximate surface area is 169 Å². The Morgan fingerprint density at radius 2 is 2.04 bits per heavy atom. The number of anilines is 1. The fraction of sp³-hybridized carbons (Fsp3) is 0.409. The molecular formula is C22H24N2O3S. The van der Waals surface area contributed by atoms with Crippen LogP contribution in [-0.2, 0) is 22.4 Å². The molecule has 1 N–H and O–H groups in total. The van der Waals surface area contributed by atoms with Gasteiger partial charge >= 0.3 is 5.97 Å². The first-order chi connectivity index (χ1) is 13.4. The van der Waals surface area contributed by atoms with Crippen LogP contribution in [0.4, 0.5) is 5.00 Å². The molecule has 6 heteroatoms. The van der Waals surface area contributed by atoms with Crippen molar-refractivity contribution in [1.82, 2.24) is 0 Å². The standard InChI is InChI=1S/C22H24N2O3S/c1-13(2)15-5-7-16(8-6-15)22(26)27-12-20(25)24-21-18(11-23)17-9-4-14(3)10-19(17)28-21/h5-8,13-14H,4,9-10,12H2,1-3H3,(H,24,25). The van der Waals surface area contributed by atoms with Crippen molar-refractivity contribution in [3.05, 3.63) is 51.4 Å². The fourth-order valence-corrected chi connectivity index (χ4v) is 4.72. The summed E-state index contributed by atoms with van der Waals surface area (Å²) >= 11 is 1.46. The molecular weight excluding hydrogens is 372 g/mol. The van der Waals surface area contributed by atoms with Gasteiger partial charge in [0, 0.05) is 4.88 Å². The number of rotatable bonds is 5. The summed E-state index contributed by atoms with van der Waals surface area (Å²) < 4.78 is 5.13. The Kier molecular flexibility index (Phi) is 6.15. The van der Waals surface area contributed by atoms with Crippen LogP contribution in [0.15, 0.2) is 24.3 Å². The van der Waals surface area contributed by atoms with Crippen molar-refractivity contribution < 1.29 is 14.3 Å². The van der Waals surface area contributed by atoms with Crippen LogP contribution >= 0.6 is 11.3 Å². The number of nitriles is 1. The minimum Gasteiger partial charge on any atom is -0.452 e. The number of nitrogens with one attached hydrogen (secondary N) is 1. The molecule has 1 aromatic carbocycles. The van der Waals surface area contributed by atoms with Gasteiger partial charge in [-0.15, -0.1) is 11.3 Å². The fourth-order valence-electron chi connectivity index (χ4n) is 3.34. The van der Waals surface area contributed by atoms with Gasteiger partial charge in [-0.2, -0.15) is 5.26 Å². The molecule has 0 fully saturated rings. The Morgan fingerprint density at radius 3 is 2.68 bits per heavy atom. The van der Waals surface area contributed by atoms with E-state index in [0.29, 0.717) is 28.0 Å². The third-order valence-corrected chi connectivity index (χ3v) is 6.19. The van der Waals surface area contributed by atoms with E-state index in [1.807, 2.05) is 12.1 Å². The number of hydrogen-bond acceptors (Lipinski definition) is 5. The van der Waals surface area contributed by atoms with E-state index < -0.39 is 11.9 Å². The Hall–Kier alpha value is -2.65. The lowest BCUT2D eigenvalue weighted by Crippen LogP contribution is -2.21. The first-order valence-corrected chi connectivity index (χ1v) is 10.3. The lowest BCUT2D eigenvalue weighted by atomic mass is 9.89. The van der Waals surface area contributed by atoms with Crippen LogP contribution in [0, 0.1) is 17.2 Å². The van der Waals surface area contributed by atoms with Crippen molar-refractivity contribution in [2.75, 3.05) is 11.9 Å². The van der Waals surface area contributed by atoms with Crippen molar-refractivity contribution in [1.29, 1.82) is 5.26 Å². The first kappa shape index (κ1) is 20.1. The van der Waals surface area contributed by atoms with E-state index in [9.17, 15) is 14.9 Å². The molecule has 0 saturated carbocycles. The smallest absolute Gasteiger partial charge is 0.338 e. The number of fused-ring (bicyclic) bond motifs is 1. The highest BCUT2D eigenvalue weighted by molar-refractivity contribution is 7.16. The number of benzene rings is 1. The molecule has 5 nitrogen and oxygen atoms in total. The number of hydrogen-bond donors (Lipinski definition) is 1. The molecule has 0 bridgehead atoms. The summed E-state index contributed by atoms with van der Waals surface area (Å²) in [6, 6.07) is 9.40. The molecule has 1 unspecified atom stereocenters. The second kappa shape index (κ2) is 8.57. The van der Waals surface area contributed by atoms with E-state index in [1.165, 1.54) is 16.2 Å². The molecule has 1 aromatic heterocycles. The highest BCUT2D eigenvalue weighted by atomic mass is 32.1. The topological polar surface area (TPSA) is 79.2 Å². The predicted octanol–water partition coefficient (Wildman–Crippen LogP) is 4.66. The second-order valence-electron chi connectivity index (χ2n) is 7.57. The highest BCUT2D eigenvalue weighted by Gasteiger charge is 2.24. The molecule has 146 valence electrons. The number of thiophene rings is 1. The summed E-state index contributed by atoms with van der Waals surface area (Å²) in [5, 5.41) is 12.8. The maximum atomic E-state index is 12.2. The minimum atomic E-state index is -0.537. The van der Waals surface area contributed by atoms with Crippen molar-refractivity contribution in [2.45, 2.75) is 46.0 Å². The highest BCUT2D eigenvalue weighted by Crippen LogP contribution is 2.39. The monoisotopic (exact) mass is 396 g/mol. The van der Waals surface area contributed by atoms with E-state index in [1.54, 1.807) is 12.1 Å². The van der Waals surface area contributed by atoms with Crippen LogP contribution < -0.4 is 5.32 Å². The molecule has 0 saturated heterocycles. The summed E-state index contributed by atoms with van der Waals surface area (Å²) in [7, 11) is 0. The van der Waals surface area contributed by atoms with Crippen molar-refractivity contribution in [3.8, 4) is 6.07 Å². The molecule has 1 aliphatic carbocycles. The molecule has 1 heterocycles. The van der Waals surface area contributed by atoms with Gasteiger partial charge in [-0.1, -0.05) is 32.9 Å². The predicted molar refractivity (Wildman–Crippen MR) is 110 cm³/mol. The molecule has 0 aliphatic heterocycles. The Morgan fingerprint density at radius 1 is 1.32 bits per heavy atom. The van der Waals surface area contributed by atoms with Gasteiger partial charge in [-0.05, 0) is 54.4 Å². The molecule has 1 amide bonds. The summed E-state index contributed by atoms with van der Waals surface area (Å²) in [5.74, 6) is -0.00498. The maximum Gasteiger partial charge on any atom is 0.338 e. The lowest BCUT2D eigenvalue weighted by molar-refractivity contribution is -0.119. The van der Waals surface area contributed by atoms with Crippen molar-refractivity contribution in [3.63, 3.8) is 0 Å². The third kappa shape index (κ3) is 4.42. The Balaban J connectivity index is 1.60. The van der Waals surface area contributed by atoms with Crippen LogP contribution in [0.3, 0.4) is 0 Å². The lowest BCUT2D eigenvalue weighted by Gasteiger charge is -2.17. The average Bonchev–Trinajstić information content (AvgIpc) is 3.01. The van der Waals surface area contributed by atoms with E-state index in [0.717, 1.165) is 30.4 Å². The molecule has 1 atom stereocenters. The zero-order valence-corrected chi connectivity index (χ0v) is 17.2. The minimum absolute atomic E-state index is 0.379. The van der Waals surface area contributed by atoms with Gasteiger partial charge < -0.3 is 10.1 Å². The van der Waals surface area contributed by atoms with E-state index in [2.05, 4.69) is 32.2 Å². The number of amides is 1. The summed E-state index contributed by atoms with van der Waals surface area (Å²) in [6.45, 7) is 5.97. The molecule has 0 radical (unpaired) electrons. The molecule has 0 spiro atoms. The number of nitrogens with zero attached hydrogens (tertiary/aromatic N) is 1. The number of ether oxygens (including phenoxy) is 1. The molecule has 1 aliphatic rings. The van der Waals surface area contributed by atoms with E-state index in [4.69, 9.17) is 4.74 Å². The van der Waals surface area contributed by atoms with Gasteiger partial charge in [0.15, 0.2) is 6.61 Å². The van der Waals surface area contributed by atoms with E-state index in [-0.39, 0.29) is 6.61 Å². The third-order valence-electron chi connectivity index (χ3n) is 5.02. The molecule has 2 aromatic rings. The number of carbonyl (C=O) groups is 2. The average molecular weight is 397 g/mol. The van der Waals surface area contributed by atoms with Crippen LogP contribution in [0.2, 0.25) is 0 Å². The SMILES string of the molecule is CC1CCc2c(sc(NC(=O)COC(=O)c3ccc(C(C)C)cc3)c2C#N)C1. The largest absolute Gasteiger partial charge is 0.452 e. The summed E-state index contributed by atoms with van der Waals surface area (Å²) in [5.41, 5.74) is 3.16. The van der Waals surface area contributed by atoms with Gasteiger partial charge in [-0.3, -0.25) is 4.79 Å². The van der Waals surface area contributed by atoms with Gasteiger partial charge in [-0.25, -0.2) is 4.79 Å². The van der Waals surface area contributed by atoms with E-state index >= 15 is 0 Å². The van der Waals surface area contributed by atoms with Crippen LogP contribution in [0.5, 0.6) is 0 Å². The second-order valence-corrected chi connectivity index (χ2v) is 8.67. The Bertz CT molecular complexity index is 922. The van der Waals surface area contributed by atoms with Crippen molar-refractivity contribution in [2.24, 2.45) is 5.92 Å². The van der Waals surface area contributed by atoms with Crippen LogP contribution in [-0.4, -0.2) is 18.5 Å². The van der Waals surface area contributed by atoms with Gasteiger partial charge in [0.1, 0.15) is 11.1 Å². The maximum absolute atomic E-state index is 12.2. The quantitative estimate of drug-likeness (QED) is 0.745. The normalized spacial score (nSPS) is 15.6. The summed E-state index contributed by atoms with van der Waals surface area (Å²) in [6.07, 6.45) is 2.86. The molecule has 28 heavy (non-hydrogen) atoms. The first-order valence-electron chi connectivity index (χ1n) is 9.50. The van der Waals surface area contributed by atoms with Crippen LogP contribution in [0.1, 0.15) is 65.0 Å². The van der Waals surface area contributed by atoms with Crippen molar-refractivity contribution >= 4 is 28.2 Å². The van der Waals surface area contributed by atoms with Gasteiger partial charge in [0.05, 0.1) is 11.1 Å². The zero-order valence-electron chi connectivity index (χ0n) is 16.4. The molecule has 3 rings (SSSR count). The zero-order chi connectivity index (χ0) is 20.3. The van der Waals surface area contributed by atoms with Crippen LogP contribution in [0.25, 0.3) is 0 Å².